The van der Waals surface area contributed by atoms with Crippen molar-refractivity contribution in [3.63, 3.8) is 0 Å². The Labute approximate surface area is 182 Å². The Bertz CT molecular complexity index is 734. The van der Waals surface area contributed by atoms with Crippen molar-refractivity contribution in [2.45, 2.75) is 84.2 Å². The SMILES string of the molecule is CC1=CNN(C)N1CC(=O)[C@H]1CC[C@H]2[C@@H]3CC[C@@H]4C[C@](C)(O)CC[C@@H]4[C@H]3CC[C@]12C. The van der Waals surface area contributed by atoms with Gasteiger partial charge in [0.2, 0.25) is 0 Å². The number of nitrogens with one attached hydrogen (secondary N) is 1. The van der Waals surface area contributed by atoms with Crippen LogP contribution in [0.5, 0.6) is 0 Å². The Balaban J connectivity index is 1.30. The zero-order valence-electron chi connectivity index (χ0n) is 19.4. The molecule has 0 bridgehead atoms. The van der Waals surface area contributed by atoms with Crippen molar-refractivity contribution in [2.24, 2.45) is 40.9 Å². The Morgan fingerprint density at radius 1 is 1.10 bits per heavy atom. The van der Waals surface area contributed by atoms with Crippen molar-refractivity contribution in [3.05, 3.63) is 11.9 Å². The molecule has 4 fully saturated rings. The van der Waals surface area contributed by atoms with Gasteiger partial charge in [-0.05, 0) is 107 Å². The monoisotopic (exact) mass is 415 g/mol. The lowest BCUT2D eigenvalue weighted by Crippen LogP contribution is -2.51. The lowest BCUT2D eigenvalue weighted by Gasteiger charge is -2.57. The number of fused-ring (bicyclic) bond motifs is 5. The maximum atomic E-state index is 13.5. The van der Waals surface area contributed by atoms with Crippen LogP contribution in [0.2, 0.25) is 0 Å². The summed E-state index contributed by atoms with van der Waals surface area (Å²) in [6.45, 7) is 7.06. The molecule has 5 nitrogen and oxygen atoms in total. The van der Waals surface area contributed by atoms with Crippen LogP contribution in [0.1, 0.15) is 78.6 Å². The lowest BCUT2D eigenvalue weighted by molar-refractivity contribution is -0.136. The summed E-state index contributed by atoms with van der Waals surface area (Å²) < 4.78 is 0. The van der Waals surface area contributed by atoms with E-state index in [9.17, 15) is 9.90 Å². The topological polar surface area (TPSA) is 55.8 Å². The molecule has 0 aromatic heterocycles. The highest BCUT2D eigenvalue weighted by Gasteiger charge is 2.58. The number of hydrazine groups is 2. The third-order valence-corrected chi connectivity index (χ3v) is 10.2. The average molecular weight is 416 g/mol. The molecule has 5 rings (SSSR count). The standard InChI is InChI=1S/C25H41N3O2/c1-16-14-26-27(4)28(16)15-23(29)22-8-7-21-20-6-5-17-13-24(2,30)11-9-18(17)19(20)10-12-25(21,22)3/h14,17-22,26,30H,5-13,15H2,1-4H3/t17-,18+,19-,20-,21+,22-,24-,25+/m1/s1. The van der Waals surface area contributed by atoms with Gasteiger partial charge in [0.15, 0.2) is 5.78 Å². The van der Waals surface area contributed by atoms with Gasteiger partial charge in [-0.15, -0.1) is 5.12 Å². The van der Waals surface area contributed by atoms with Crippen LogP contribution in [0.25, 0.3) is 0 Å². The second-order valence-corrected chi connectivity index (χ2v) is 11.8. The van der Waals surface area contributed by atoms with Gasteiger partial charge in [-0.1, -0.05) is 6.92 Å². The molecule has 5 heteroatoms. The van der Waals surface area contributed by atoms with Crippen LogP contribution < -0.4 is 5.43 Å². The molecule has 168 valence electrons. The van der Waals surface area contributed by atoms with Gasteiger partial charge in [0.05, 0.1) is 12.1 Å². The first-order valence-electron chi connectivity index (χ1n) is 12.4. The number of aliphatic hydroxyl groups is 1. The molecule has 0 unspecified atom stereocenters. The van der Waals surface area contributed by atoms with E-state index in [1.807, 2.05) is 25.3 Å². The first kappa shape index (κ1) is 20.8. The van der Waals surface area contributed by atoms with Crippen LogP contribution in [0.3, 0.4) is 0 Å². The molecule has 8 atom stereocenters. The van der Waals surface area contributed by atoms with E-state index >= 15 is 0 Å². The number of Topliss-reactive ketones (excluding diaryl/α,β-unsaturated/α-hetero) is 1. The highest BCUT2D eigenvalue weighted by molar-refractivity contribution is 5.84. The molecule has 0 saturated heterocycles. The van der Waals surface area contributed by atoms with Crippen molar-refractivity contribution in [3.8, 4) is 0 Å². The van der Waals surface area contributed by atoms with Gasteiger partial charge in [-0.2, -0.15) is 0 Å². The lowest BCUT2D eigenvalue weighted by atomic mass is 9.49. The largest absolute Gasteiger partial charge is 0.390 e. The summed E-state index contributed by atoms with van der Waals surface area (Å²) >= 11 is 0. The summed E-state index contributed by atoms with van der Waals surface area (Å²) in [5.41, 5.74) is 4.04. The van der Waals surface area contributed by atoms with E-state index in [0.29, 0.717) is 12.3 Å². The van der Waals surface area contributed by atoms with Gasteiger partial charge in [-0.3, -0.25) is 9.80 Å². The smallest absolute Gasteiger partial charge is 0.157 e. The molecule has 4 saturated carbocycles. The van der Waals surface area contributed by atoms with E-state index in [4.69, 9.17) is 0 Å². The average Bonchev–Trinajstić information content (AvgIpc) is 3.20. The molecule has 30 heavy (non-hydrogen) atoms. The van der Waals surface area contributed by atoms with Crippen LogP contribution >= 0.6 is 0 Å². The zero-order chi connectivity index (χ0) is 21.3. The number of allylic oxidation sites excluding steroid dienone is 1. The maximum absolute atomic E-state index is 13.5. The number of carbonyl (C=O) groups is 1. The highest BCUT2D eigenvalue weighted by Crippen LogP contribution is 2.64. The third-order valence-electron chi connectivity index (χ3n) is 10.2. The van der Waals surface area contributed by atoms with Gasteiger partial charge in [0.1, 0.15) is 0 Å². The Morgan fingerprint density at radius 2 is 1.87 bits per heavy atom. The molecule has 4 aliphatic carbocycles. The summed E-state index contributed by atoms with van der Waals surface area (Å²) in [6, 6.07) is 0. The van der Waals surface area contributed by atoms with E-state index in [1.54, 1.807) is 0 Å². The molecular weight excluding hydrogens is 374 g/mol. The minimum absolute atomic E-state index is 0.189. The molecular formula is C25H41N3O2. The first-order chi connectivity index (χ1) is 14.2. The molecule has 0 amide bonds. The number of carbonyl (C=O) groups excluding carboxylic acids is 1. The van der Waals surface area contributed by atoms with Crippen LogP contribution in [-0.2, 0) is 4.79 Å². The summed E-state index contributed by atoms with van der Waals surface area (Å²) in [6.07, 6.45) is 12.6. The van der Waals surface area contributed by atoms with E-state index < -0.39 is 5.60 Å². The van der Waals surface area contributed by atoms with Crippen molar-refractivity contribution in [1.82, 2.24) is 15.6 Å². The summed E-state index contributed by atoms with van der Waals surface area (Å²) in [5, 5.41) is 14.6. The molecule has 5 aliphatic rings. The Kier molecular flexibility index (Phi) is 5.02. The van der Waals surface area contributed by atoms with Crippen molar-refractivity contribution >= 4 is 5.78 Å². The van der Waals surface area contributed by atoms with Crippen molar-refractivity contribution in [1.29, 1.82) is 0 Å². The minimum atomic E-state index is -0.438. The maximum Gasteiger partial charge on any atom is 0.157 e. The predicted molar refractivity (Wildman–Crippen MR) is 118 cm³/mol. The van der Waals surface area contributed by atoms with Gasteiger partial charge >= 0.3 is 0 Å². The van der Waals surface area contributed by atoms with Gasteiger partial charge in [0.25, 0.3) is 0 Å². The third kappa shape index (κ3) is 3.23. The number of hydrogen-bond acceptors (Lipinski definition) is 5. The fourth-order valence-electron chi connectivity index (χ4n) is 8.67. The van der Waals surface area contributed by atoms with Gasteiger partial charge < -0.3 is 10.5 Å². The molecule has 0 aromatic carbocycles. The Hall–Kier alpha value is -1.07. The second-order valence-electron chi connectivity index (χ2n) is 11.8. The number of rotatable bonds is 3. The fourth-order valence-corrected chi connectivity index (χ4v) is 8.67. The van der Waals surface area contributed by atoms with Crippen LogP contribution in [-0.4, -0.2) is 40.2 Å². The van der Waals surface area contributed by atoms with Gasteiger partial charge in [0, 0.05) is 24.9 Å². The quantitative estimate of drug-likeness (QED) is 0.727. The molecule has 0 spiro atoms. The predicted octanol–water partition coefficient (Wildman–Crippen LogP) is 4.10. The summed E-state index contributed by atoms with van der Waals surface area (Å²) in [5.74, 6) is 4.57. The minimum Gasteiger partial charge on any atom is -0.390 e. The second kappa shape index (κ2) is 7.23. The molecule has 0 aromatic rings. The van der Waals surface area contributed by atoms with E-state index in [-0.39, 0.29) is 11.3 Å². The number of hydrogen-bond donors (Lipinski definition) is 2. The Morgan fingerprint density at radius 3 is 2.60 bits per heavy atom. The van der Waals surface area contributed by atoms with E-state index in [1.165, 1.54) is 38.5 Å². The first-order valence-corrected chi connectivity index (χ1v) is 12.4. The van der Waals surface area contributed by atoms with Crippen LogP contribution in [0.15, 0.2) is 11.9 Å². The van der Waals surface area contributed by atoms with Gasteiger partial charge in [-0.25, -0.2) is 0 Å². The molecule has 2 N–H and O–H groups in total. The van der Waals surface area contributed by atoms with E-state index in [0.717, 1.165) is 54.5 Å². The zero-order valence-corrected chi connectivity index (χ0v) is 19.4. The summed E-state index contributed by atoms with van der Waals surface area (Å²) in [7, 11) is 1.98. The fraction of sp³-hybridized carbons (Fsp3) is 0.880. The van der Waals surface area contributed by atoms with Crippen LogP contribution in [0.4, 0.5) is 0 Å². The normalized spacial score (nSPS) is 48.4. The van der Waals surface area contributed by atoms with Crippen molar-refractivity contribution < 1.29 is 9.90 Å². The highest BCUT2D eigenvalue weighted by atomic mass is 16.3. The van der Waals surface area contributed by atoms with E-state index in [2.05, 4.69) is 24.3 Å². The van der Waals surface area contributed by atoms with Crippen LogP contribution in [0, 0.1) is 40.9 Å². The summed E-state index contributed by atoms with van der Waals surface area (Å²) in [4.78, 5) is 13.5. The number of ketones is 1. The molecule has 0 radical (unpaired) electrons. The molecule has 1 heterocycles. The number of nitrogens with zero attached hydrogens (tertiary/aromatic N) is 2. The molecule has 1 aliphatic heterocycles. The van der Waals surface area contributed by atoms with Crippen molar-refractivity contribution in [2.75, 3.05) is 13.6 Å².